The molecule has 4 aromatic heterocycles. The van der Waals surface area contributed by atoms with E-state index in [9.17, 15) is 0 Å². The quantitative estimate of drug-likeness (QED) is 0.172. The summed E-state index contributed by atoms with van der Waals surface area (Å²) in [6.07, 6.45) is 4.25. The van der Waals surface area contributed by atoms with Crippen molar-refractivity contribution < 1.29 is 4.39 Å². The Balaban J connectivity index is 1.16. The van der Waals surface area contributed by atoms with Gasteiger partial charge in [-0.3, -0.25) is 8.97 Å². The lowest BCUT2D eigenvalue weighted by Gasteiger charge is -2.42. The molecule has 1 atom stereocenters. The Bertz CT molecular complexity index is 3110. The fourth-order valence-electron chi connectivity index (χ4n) is 9.05. The molecule has 5 nitrogen and oxygen atoms in total. The maximum atomic E-state index is 17.1. The van der Waals surface area contributed by atoms with E-state index >= 15 is 4.39 Å². The number of anilines is 3. The smallest absolute Gasteiger partial charge is 0.150 e. The number of halogens is 1. The first kappa shape index (κ1) is 30.8. The van der Waals surface area contributed by atoms with E-state index in [1.54, 1.807) is 0 Å². The molecule has 1 unspecified atom stereocenters. The van der Waals surface area contributed by atoms with E-state index in [0.29, 0.717) is 11.1 Å². The fourth-order valence-corrected chi connectivity index (χ4v) is 9.05. The molecule has 10 aromatic rings. The molecule has 6 aromatic carbocycles. The molecule has 5 heterocycles. The second-order valence-electron chi connectivity index (χ2n) is 14.8. The first-order chi connectivity index (χ1) is 26.5. The molecule has 0 amide bonds. The molecule has 0 saturated heterocycles. The van der Waals surface area contributed by atoms with Gasteiger partial charge in [0.25, 0.3) is 0 Å². The summed E-state index contributed by atoms with van der Waals surface area (Å²) in [6, 6.07) is 50.0. The predicted molar refractivity (Wildman–Crippen MR) is 219 cm³/mol. The molecule has 0 aliphatic carbocycles. The summed E-state index contributed by atoms with van der Waals surface area (Å²) < 4.78 is 21.4. The summed E-state index contributed by atoms with van der Waals surface area (Å²) in [5.41, 5.74) is 10.5. The summed E-state index contributed by atoms with van der Waals surface area (Å²) in [5.74, 6) is 0.790. The van der Waals surface area contributed by atoms with Gasteiger partial charge in [-0.05, 0) is 76.7 Å². The largest absolute Gasteiger partial charge is 0.310 e. The van der Waals surface area contributed by atoms with Crippen molar-refractivity contribution in [3.63, 3.8) is 0 Å². The molecule has 0 saturated carbocycles. The number of alkyl halides is 1. The van der Waals surface area contributed by atoms with Crippen LogP contribution in [0, 0.1) is 0 Å². The molecule has 0 bridgehead atoms. The standard InChI is InChI=1S/C48H34FN5/c1-48(2)38-15-7-9-17-40(38)53(32-12-4-3-5-13-32)41-24-23-36-35-22-20-31(29-42(35)54(46(36)44(41)48)43-18-10-11-25-50-43)45(49)30-19-21-33-34-14-6-8-16-39(34)52-27-26-51-47(52)37(33)28-30/h3-29,45H,1-2H3. The van der Waals surface area contributed by atoms with Crippen molar-refractivity contribution in [1.82, 2.24) is 18.9 Å². The predicted octanol–water partition coefficient (Wildman–Crippen LogP) is 12.3. The zero-order chi connectivity index (χ0) is 36.1. The number of aromatic nitrogens is 4. The Kier molecular flexibility index (Phi) is 6.48. The molecule has 0 fully saturated rings. The monoisotopic (exact) mass is 699 g/mol. The van der Waals surface area contributed by atoms with Crippen LogP contribution in [-0.4, -0.2) is 18.9 Å². The van der Waals surface area contributed by atoms with Crippen LogP contribution in [0.1, 0.15) is 42.3 Å². The van der Waals surface area contributed by atoms with Crippen LogP contribution < -0.4 is 4.90 Å². The van der Waals surface area contributed by atoms with Gasteiger partial charge in [-0.25, -0.2) is 14.4 Å². The molecule has 11 rings (SSSR count). The number of fused-ring (bicyclic) bond motifs is 12. The summed E-state index contributed by atoms with van der Waals surface area (Å²) in [7, 11) is 0. The van der Waals surface area contributed by atoms with Gasteiger partial charge in [0.2, 0.25) is 0 Å². The lowest BCUT2D eigenvalue weighted by molar-refractivity contribution is 0.402. The van der Waals surface area contributed by atoms with Crippen LogP contribution in [0.15, 0.2) is 164 Å². The molecule has 6 heteroatoms. The van der Waals surface area contributed by atoms with Crippen LogP contribution in [0.5, 0.6) is 0 Å². The minimum Gasteiger partial charge on any atom is -0.310 e. The third-order valence-electron chi connectivity index (χ3n) is 11.5. The summed E-state index contributed by atoms with van der Waals surface area (Å²) in [4.78, 5) is 12.0. The van der Waals surface area contributed by atoms with Gasteiger partial charge in [0.05, 0.1) is 27.9 Å². The Labute approximate surface area is 311 Å². The number of para-hydroxylation sites is 3. The molecule has 1 aliphatic rings. The van der Waals surface area contributed by atoms with E-state index < -0.39 is 6.17 Å². The summed E-state index contributed by atoms with van der Waals surface area (Å²) >= 11 is 0. The Morgan fingerprint density at radius 3 is 2.15 bits per heavy atom. The molecule has 0 spiro atoms. The van der Waals surface area contributed by atoms with E-state index in [1.807, 2.05) is 79.3 Å². The van der Waals surface area contributed by atoms with E-state index in [-0.39, 0.29) is 5.41 Å². The molecule has 258 valence electrons. The van der Waals surface area contributed by atoms with Crippen LogP contribution in [0.3, 0.4) is 0 Å². The van der Waals surface area contributed by atoms with Gasteiger partial charge in [0.15, 0.2) is 6.17 Å². The fraction of sp³-hybridized carbons (Fsp3) is 0.0833. The molecular formula is C48H34FN5. The van der Waals surface area contributed by atoms with E-state index in [1.165, 1.54) is 16.8 Å². The molecule has 0 N–H and O–H groups in total. The van der Waals surface area contributed by atoms with Gasteiger partial charge in [0, 0.05) is 56.8 Å². The number of benzene rings is 6. The van der Waals surface area contributed by atoms with Gasteiger partial charge >= 0.3 is 0 Å². The Morgan fingerprint density at radius 1 is 0.574 bits per heavy atom. The van der Waals surface area contributed by atoms with Crippen molar-refractivity contribution in [2.75, 3.05) is 4.90 Å². The van der Waals surface area contributed by atoms with Gasteiger partial charge < -0.3 is 4.90 Å². The number of hydrogen-bond acceptors (Lipinski definition) is 3. The van der Waals surface area contributed by atoms with Crippen molar-refractivity contribution in [2.45, 2.75) is 25.4 Å². The highest BCUT2D eigenvalue weighted by atomic mass is 19.1. The Morgan fingerprint density at radius 2 is 1.30 bits per heavy atom. The summed E-state index contributed by atoms with van der Waals surface area (Å²) in [6.45, 7) is 4.63. The highest BCUT2D eigenvalue weighted by molar-refractivity contribution is 6.14. The maximum absolute atomic E-state index is 17.1. The number of rotatable bonds is 4. The second kappa shape index (κ2) is 11.4. The highest BCUT2D eigenvalue weighted by Crippen LogP contribution is 2.55. The highest BCUT2D eigenvalue weighted by Gasteiger charge is 2.39. The van der Waals surface area contributed by atoms with Crippen molar-refractivity contribution >= 4 is 66.2 Å². The van der Waals surface area contributed by atoms with Crippen molar-refractivity contribution in [3.8, 4) is 5.82 Å². The van der Waals surface area contributed by atoms with Gasteiger partial charge in [-0.2, -0.15) is 0 Å². The topological polar surface area (TPSA) is 38.4 Å². The third kappa shape index (κ3) is 4.25. The first-order valence-corrected chi connectivity index (χ1v) is 18.4. The van der Waals surface area contributed by atoms with Crippen LogP contribution in [0.4, 0.5) is 21.5 Å². The minimum atomic E-state index is -1.36. The molecular weight excluding hydrogens is 666 g/mol. The zero-order valence-corrected chi connectivity index (χ0v) is 29.8. The van der Waals surface area contributed by atoms with E-state index in [0.717, 1.165) is 66.3 Å². The number of hydrogen-bond donors (Lipinski definition) is 0. The van der Waals surface area contributed by atoms with Crippen LogP contribution in [0.25, 0.3) is 54.9 Å². The van der Waals surface area contributed by atoms with Crippen molar-refractivity contribution in [2.24, 2.45) is 0 Å². The second-order valence-corrected chi connectivity index (χ2v) is 14.8. The SMILES string of the molecule is CC1(C)c2ccccc2N(c2ccccc2)c2ccc3c4ccc(C(F)c5ccc6c7ccccc7n7ccnc7c6c5)cc4n(-c4ccccn4)c3c21. The van der Waals surface area contributed by atoms with Crippen LogP contribution in [0.2, 0.25) is 0 Å². The van der Waals surface area contributed by atoms with E-state index in [2.05, 4.69) is 113 Å². The number of imidazole rings is 1. The lowest BCUT2D eigenvalue weighted by Crippen LogP contribution is -2.31. The maximum Gasteiger partial charge on any atom is 0.150 e. The zero-order valence-electron chi connectivity index (χ0n) is 29.8. The molecule has 0 radical (unpaired) electrons. The average molecular weight is 700 g/mol. The number of nitrogens with zero attached hydrogens (tertiary/aromatic N) is 5. The van der Waals surface area contributed by atoms with Crippen LogP contribution in [-0.2, 0) is 5.41 Å². The van der Waals surface area contributed by atoms with Gasteiger partial charge in [-0.1, -0.05) is 105 Å². The average Bonchev–Trinajstić information content (AvgIpc) is 3.85. The first-order valence-electron chi connectivity index (χ1n) is 18.4. The Hall–Kier alpha value is -6.79. The molecule has 54 heavy (non-hydrogen) atoms. The minimum absolute atomic E-state index is 0.365. The normalized spacial score (nSPS) is 14.2. The third-order valence-corrected chi connectivity index (χ3v) is 11.5. The summed E-state index contributed by atoms with van der Waals surface area (Å²) in [5, 5.41) is 5.26. The van der Waals surface area contributed by atoms with Crippen molar-refractivity contribution in [3.05, 3.63) is 186 Å². The lowest BCUT2D eigenvalue weighted by atomic mass is 9.72. The van der Waals surface area contributed by atoms with Crippen LogP contribution >= 0.6 is 0 Å². The number of pyridine rings is 2. The van der Waals surface area contributed by atoms with Gasteiger partial charge in [0.1, 0.15) is 11.5 Å². The van der Waals surface area contributed by atoms with Gasteiger partial charge in [-0.15, -0.1) is 0 Å². The van der Waals surface area contributed by atoms with E-state index in [4.69, 9.17) is 9.97 Å². The molecule has 1 aliphatic heterocycles. The van der Waals surface area contributed by atoms with Crippen molar-refractivity contribution in [1.29, 1.82) is 0 Å².